The highest BCUT2D eigenvalue weighted by molar-refractivity contribution is 6.30. The van der Waals surface area contributed by atoms with Crippen LogP contribution in [0.25, 0.3) is 5.65 Å². The molecule has 0 bridgehead atoms. The summed E-state index contributed by atoms with van der Waals surface area (Å²) in [6.07, 6.45) is 1.72. The molecule has 2 aromatic heterocycles. The van der Waals surface area contributed by atoms with Gasteiger partial charge in [-0.1, -0.05) is 11.6 Å². The van der Waals surface area contributed by atoms with Crippen LogP contribution in [0.3, 0.4) is 0 Å². The summed E-state index contributed by atoms with van der Waals surface area (Å²) < 4.78 is 1.62. The quantitative estimate of drug-likeness (QED) is 0.698. The second kappa shape index (κ2) is 5.06. The molecule has 3 aromatic rings. The predicted molar refractivity (Wildman–Crippen MR) is 78.9 cm³/mol. The molecule has 0 saturated heterocycles. The Morgan fingerprint density at radius 3 is 2.76 bits per heavy atom. The fourth-order valence-electron chi connectivity index (χ4n) is 1.95. The van der Waals surface area contributed by atoms with E-state index < -0.39 is 0 Å². The number of aromatic hydroxyl groups is 2. The molecule has 0 aliphatic rings. The van der Waals surface area contributed by atoms with E-state index in [1.165, 1.54) is 12.1 Å². The highest BCUT2D eigenvalue weighted by atomic mass is 35.5. The van der Waals surface area contributed by atoms with Gasteiger partial charge in [-0.05, 0) is 37.3 Å². The van der Waals surface area contributed by atoms with Gasteiger partial charge in [0.2, 0.25) is 0 Å². The average molecular weight is 303 g/mol. The van der Waals surface area contributed by atoms with E-state index in [-0.39, 0.29) is 17.2 Å². The van der Waals surface area contributed by atoms with E-state index in [1.807, 2.05) is 0 Å². The van der Waals surface area contributed by atoms with E-state index in [0.717, 1.165) is 0 Å². The Kier molecular flexibility index (Phi) is 3.23. The summed E-state index contributed by atoms with van der Waals surface area (Å²) in [5.41, 5.74) is 1.28. The molecule has 21 heavy (non-hydrogen) atoms. The van der Waals surface area contributed by atoms with Gasteiger partial charge in [0.15, 0.2) is 17.2 Å². The first-order chi connectivity index (χ1) is 10.1. The number of phenolic OH excluding ortho intramolecular Hbond substituents is 1. The summed E-state index contributed by atoms with van der Waals surface area (Å²) in [6.45, 7) is 1.76. The smallest absolute Gasteiger partial charge is 0.182 e. The van der Waals surface area contributed by atoms with Gasteiger partial charge < -0.3 is 10.2 Å². The van der Waals surface area contributed by atoms with Crippen LogP contribution in [-0.4, -0.2) is 19.6 Å². The lowest BCUT2D eigenvalue weighted by Crippen LogP contribution is -1.82. The third-order valence-corrected chi connectivity index (χ3v) is 3.20. The van der Waals surface area contributed by atoms with Crippen LogP contribution in [-0.2, 0) is 0 Å². The van der Waals surface area contributed by atoms with Gasteiger partial charge in [-0.2, -0.15) is 0 Å². The summed E-state index contributed by atoms with van der Waals surface area (Å²) >= 11 is 5.86. The van der Waals surface area contributed by atoms with Crippen molar-refractivity contribution >= 4 is 28.8 Å². The van der Waals surface area contributed by atoms with Crippen LogP contribution in [0.5, 0.6) is 11.5 Å². The molecule has 0 saturated carbocycles. The van der Waals surface area contributed by atoms with Crippen molar-refractivity contribution in [2.24, 2.45) is 10.2 Å². The van der Waals surface area contributed by atoms with Crippen LogP contribution < -0.4 is 0 Å². The number of hydrogen-bond acceptors (Lipinski definition) is 5. The highest BCUT2D eigenvalue weighted by Crippen LogP contribution is 2.32. The number of rotatable bonds is 2. The molecule has 3 rings (SSSR count). The van der Waals surface area contributed by atoms with Gasteiger partial charge in [-0.15, -0.1) is 10.2 Å². The van der Waals surface area contributed by atoms with Gasteiger partial charge in [0, 0.05) is 11.2 Å². The van der Waals surface area contributed by atoms with Gasteiger partial charge in [-0.25, -0.2) is 4.98 Å². The molecule has 1 aromatic carbocycles. The number of benzene rings is 1. The largest absolute Gasteiger partial charge is 0.506 e. The maximum atomic E-state index is 9.76. The van der Waals surface area contributed by atoms with Gasteiger partial charge in [0.1, 0.15) is 11.4 Å². The summed E-state index contributed by atoms with van der Waals surface area (Å²) in [5.74, 6) is 0.519. The predicted octanol–water partition coefficient (Wildman–Crippen LogP) is 4.12. The Morgan fingerprint density at radius 1 is 1.14 bits per heavy atom. The van der Waals surface area contributed by atoms with Gasteiger partial charge in [-0.3, -0.25) is 4.40 Å². The minimum Gasteiger partial charge on any atom is -0.506 e. The fourth-order valence-corrected chi connectivity index (χ4v) is 2.12. The molecule has 2 heterocycles. The number of aromatic nitrogens is 2. The summed E-state index contributed by atoms with van der Waals surface area (Å²) in [5, 5.41) is 28.0. The third-order valence-electron chi connectivity index (χ3n) is 2.96. The third kappa shape index (κ3) is 2.41. The topological polar surface area (TPSA) is 82.5 Å². The lowest BCUT2D eigenvalue weighted by atomic mass is 10.3. The minimum absolute atomic E-state index is 0.0162. The molecule has 0 spiro atoms. The molecule has 6 nitrogen and oxygen atoms in total. The molecule has 0 aliphatic carbocycles. The number of azo groups is 1. The van der Waals surface area contributed by atoms with Crippen molar-refractivity contribution in [2.75, 3.05) is 0 Å². The van der Waals surface area contributed by atoms with Crippen LogP contribution in [0.15, 0.2) is 46.8 Å². The van der Waals surface area contributed by atoms with Crippen molar-refractivity contribution in [3.8, 4) is 11.5 Å². The van der Waals surface area contributed by atoms with Crippen molar-refractivity contribution in [3.05, 3.63) is 47.2 Å². The first-order valence-corrected chi connectivity index (χ1v) is 6.51. The average Bonchev–Trinajstić information content (AvgIpc) is 2.77. The monoisotopic (exact) mass is 302 g/mol. The second-order valence-electron chi connectivity index (χ2n) is 4.44. The van der Waals surface area contributed by atoms with E-state index in [2.05, 4.69) is 15.2 Å². The Labute approximate surface area is 125 Å². The van der Waals surface area contributed by atoms with Gasteiger partial charge in [0.05, 0.1) is 5.69 Å². The maximum absolute atomic E-state index is 9.76. The van der Waals surface area contributed by atoms with Gasteiger partial charge in [0.25, 0.3) is 0 Å². The Bertz CT molecular complexity index is 858. The maximum Gasteiger partial charge on any atom is 0.182 e. The van der Waals surface area contributed by atoms with Crippen LogP contribution >= 0.6 is 11.6 Å². The van der Waals surface area contributed by atoms with Crippen LogP contribution in [0.2, 0.25) is 5.02 Å². The molecule has 0 radical (unpaired) electrons. The van der Waals surface area contributed by atoms with Gasteiger partial charge >= 0.3 is 0 Å². The Morgan fingerprint density at radius 2 is 1.95 bits per heavy atom. The van der Waals surface area contributed by atoms with Crippen molar-refractivity contribution < 1.29 is 10.2 Å². The molecular formula is C14H11ClN4O2. The number of phenols is 1. The SMILES string of the molecule is Cc1nc2c(O)cccn2c1N=Nc1cc(Cl)ccc1O. The van der Waals surface area contributed by atoms with Crippen molar-refractivity contribution in [1.82, 2.24) is 9.38 Å². The standard InChI is InChI=1S/C14H11ClN4O2/c1-8-13(19-6-2-3-12(21)14(19)16-8)18-17-10-7-9(15)4-5-11(10)20/h2-7,20-21H,1H3. The number of imidazole rings is 1. The van der Waals surface area contributed by atoms with Crippen LogP contribution in [0, 0.1) is 6.92 Å². The number of aryl methyl sites for hydroxylation is 1. The highest BCUT2D eigenvalue weighted by Gasteiger charge is 2.11. The fraction of sp³-hybridized carbons (Fsp3) is 0.0714. The van der Waals surface area contributed by atoms with E-state index in [4.69, 9.17) is 11.6 Å². The molecule has 7 heteroatoms. The zero-order valence-electron chi connectivity index (χ0n) is 11.0. The molecule has 0 fully saturated rings. The number of hydrogen-bond donors (Lipinski definition) is 2. The molecule has 0 unspecified atom stereocenters. The Balaban J connectivity index is 2.09. The number of nitrogens with zero attached hydrogens (tertiary/aromatic N) is 4. The first kappa shape index (κ1) is 13.4. The molecular weight excluding hydrogens is 292 g/mol. The molecule has 106 valence electrons. The molecule has 2 N–H and O–H groups in total. The molecule has 0 atom stereocenters. The zero-order chi connectivity index (χ0) is 15.0. The zero-order valence-corrected chi connectivity index (χ0v) is 11.8. The van der Waals surface area contributed by atoms with Crippen molar-refractivity contribution in [3.63, 3.8) is 0 Å². The van der Waals surface area contributed by atoms with E-state index in [1.54, 1.807) is 35.7 Å². The van der Waals surface area contributed by atoms with E-state index >= 15 is 0 Å². The van der Waals surface area contributed by atoms with E-state index in [0.29, 0.717) is 22.2 Å². The number of halogens is 1. The summed E-state index contributed by atoms with van der Waals surface area (Å²) in [6, 6.07) is 7.75. The number of fused-ring (bicyclic) bond motifs is 1. The normalized spacial score (nSPS) is 11.5. The Hall–Kier alpha value is -2.60. The van der Waals surface area contributed by atoms with E-state index in [9.17, 15) is 10.2 Å². The second-order valence-corrected chi connectivity index (χ2v) is 4.88. The van der Waals surface area contributed by atoms with Crippen molar-refractivity contribution in [1.29, 1.82) is 0 Å². The number of pyridine rings is 1. The first-order valence-electron chi connectivity index (χ1n) is 6.13. The lowest BCUT2D eigenvalue weighted by Gasteiger charge is -1.99. The molecule has 0 amide bonds. The van der Waals surface area contributed by atoms with Crippen LogP contribution in [0.4, 0.5) is 11.5 Å². The van der Waals surface area contributed by atoms with Crippen molar-refractivity contribution in [2.45, 2.75) is 6.92 Å². The summed E-state index contributed by atoms with van der Waals surface area (Å²) in [7, 11) is 0. The lowest BCUT2D eigenvalue weighted by molar-refractivity contribution is 0.476. The van der Waals surface area contributed by atoms with Crippen LogP contribution in [0.1, 0.15) is 5.69 Å². The molecule has 0 aliphatic heterocycles. The summed E-state index contributed by atoms with van der Waals surface area (Å²) in [4.78, 5) is 4.24. The minimum atomic E-state index is -0.0162.